The van der Waals surface area contributed by atoms with Gasteiger partial charge in [-0.25, -0.2) is 4.98 Å². The number of hydrogen-bond donors (Lipinski definition) is 1. The molecule has 0 fully saturated rings. The van der Waals surface area contributed by atoms with E-state index in [1.54, 1.807) is 11.3 Å². The van der Waals surface area contributed by atoms with Gasteiger partial charge in [0, 0.05) is 16.3 Å². The highest BCUT2D eigenvalue weighted by Gasteiger charge is 2.01. The number of nitrogens with zero attached hydrogens (tertiary/aromatic N) is 1. The molecule has 0 spiro atoms. The molecule has 2 nitrogen and oxygen atoms in total. The molecule has 2 aromatic heterocycles. The minimum atomic E-state index is 1.04. The smallest absolute Gasteiger partial charge is 0.0797 e. The van der Waals surface area contributed by atoms with Crippen molar-refractivity contribution in [3.8, 4) is 0 Å². The molecule has 0 unspecified atom stereocenters. The Morgan fingerprint density at radius 2 is 2.12 bits per heavy atom. The summed E-state index contributed by atoms with van der Waals surface area (Å²) in [6, 6.07) is 4.30. The second-order valence-corrected chi connectivity index (χ2v) is 7.30. The number of rotatable bonds is 6. The van der Waals surface area contributed by atoms with Crippen LogP contribution in [-0.4, -0.2) is 18.1 Å². The maximum Gasteiger partial charge on any atom is 0.0797 e. The zero-order valence-corrected chi connectivity index (χ0v) is 12.9. The number of nitrogens with one attached hydrogen (secondary N) is 1. The van der Waals surface area contributed by atoms with Crippen LogP contribution >= 0.6 is 38.6 Å². The first-order valence-electron chi connectivity index (χ1n) is 5.59. The lowest BCUT2D eigenvalue weighted by atomic mass is 10.3. The van der Waals surface area contributed by atoms with Gasteiger partial charge in [0.15, 0.2) is 0 Å². The molecule has 0 atom stereocenters. The van der Waals surface area contributed by atoms with Crippen LogP contribution in [0.2, 0.25) is 0 Å². The van der Waals surface area contributed by atoms with Gasteiger partial charge in [-0.2, -0.15) is 0 Å². The Morgan fingerprint density at radius 3 is 2.76 bits per heavy atom. The highest BCUT2D eigenvalue weighted by molar-refractivity contribution is 9.11. The maximum absolute atomic E-state index is 4.25. The summed E-state index contributed by atoms with van der Waals surface area (Å²) in [6.07, 6.45) is 2.20. The molecule has 0 saturated carbocycles. The van der Waals surface area contributed by atoms with E-state index in [0.29, 0.717) is 0 Å². The molecule has 0 aliphatic carbocycles. The molecule has 0 aliphatic heterocycles. The third-order valence-corrected chi connectivity index (χ3v) is 5.23. The van der Waals surface area contributed by atoms with Gasteiger partial charge in [0.05, 0.1) is 15.0 Å². The summed E-state index contributed by atoms with van der Waals surface area (Å²) >= 11 is 7.05. The van der Waals surface area contributed by atoms with Crippen LogP contribution in [0, 0.1) is 6.92 Å². The number of hydrogen-bond acceptors (Lipinski definition) is 4. The predicted molar refractivity (Wildman–Crippen MR) is 79.1 cm³/mol. The quantitative estimate of drug-likeness (QED) is 0.818. The minimum Gasteiger partial charge on any atom is -0.316 e. The SMILES string of the molecule is Cc1ncsc1CCNCCc1ccc(Br)s1. The van der Waals surface area contributed by atoms with Crippen molar-refractivity contribution in [1.82, 2.24) is 10.3 Å². The van der Waals surface area contributed by atoms with Crippen LogP contribution in [0.1, 0.15) is 15.4 Å². The van der Waals surface area contributed by atoms with Crippen LogP contribution in [0.15, 0.2) is 21.4 Å². The van der Waals surface area contributed by atoms with Gasteiger partial charge in [-0.05, 0) is 54.4 Å². The molecule has 5 heteroatoms. The molecule has 17 heavy (non-hydrogen) atoms. The molecule has 92 valence electrons. The van der Waals surface area contributed by atoms with Gasteiger partial charge in [-0.1, -0.05) is 0 Å². The van der Waals surface area contributed by atoms with E-state index >= 15 is 0 Å². The van der Waals surface area contributed by atoms with Gasteiger partial charge in [-0.3, -0.25) is 0 Å². The first kappa shape index (κ1) is 13.2. The molecule has 0 saturated heterocycles. The molecule has 2 aromatic rings. The van der Waals surface area contributed by atoms with E-state index in [1.807, 2.05) is 16.8 Å². The van der Waals surface area contributed by atoms with Crippen LogP contribution in [-0.2, 0) is 12.8 Å². The normalized spacial score (nSPS) is 10.9. The molecule has 0 amide bonds. The maximum atomic E-state index is 4.25. The number of aryl methyl sites for hydroxylation is 1. The van der Waals surface area contributed by atoms with Gasteiger partial charge in [-0.15, -0.1) is 22.7 Å². The third kappa shape index (κ3) is 4.17. The first-order chi connectivity index (χ1) is 8.25. The molecular formula is C12H15BrN2S2. The van der Waals surface area contributed by atoms with E-state index in [9.17, 15) is 0 Å². The summed E-state index contributed by atoms with van der Waals surface area (Å²) in [4.78, 5) is 7.08. The summed E-state index contributed by atoms with van der Waals surface area (Å²) in [5.74, 6) is 0. The van der Waals surface area contributed by atoms with Gasteiger partial charge >= 0.3 is 0 Å². The molecular weight excluding hydrogens is 316 g/mol. The van der Waals surface area contributed by atoms with Crippen molar-refractivity contribution in [3.05, 3.63) is 36.9 Å². The van der Waals surface area contributed by atoms with E-state index in [4.69, 9.17) is 0 Å². The van der Waals surface area contributed by atoms with E-state index < -0.39 is 0 Å². The molecule has 0 aliphatic rings. The van der Waals surface area contributed by atoms with Gasteiger partial charge in [0.2, 0.25) is 0 Å². The molecule has 0 aromatic carbocycles. The van der Waals surface area contributed by atoms with E-state index in [2.05, 4.69) is 45.3 Å². The Balaban J connectivity index is 1.62. The van der Waals surface area contributed by atoms with Crippen molar-refractivity contribution in [3.63, 3.8) is 0 Å². The van der Waals surface area contributed by atoms with Gasteiger partial charge in [0.1, 0.15) is 0 Å². The van der Waals surface area contributed by atoms with Crippen molar-refractivity contribution in [2.24, 2.45) is 0 Å². The highest BCUT2D eigenvalue weighted by atomic mass is 79.9. The van der Waals surface area contributed by atoms with Crippen molar-refractivity contribution in [2.45, 2.75) is 19.8 Å². The molecule has 2 heterocycles. The fourth-order valence-corrected chi connectivity index (χ4v) is 3.85. The summed E-state index contributed by atoms with van der Waals surface area (Å²) in [5.41, 5.74) is 3.10. The fourth-order valence-electron chi connectivity index (χ4n) is 1.59. The minimum absolute atomic E-state index is 1.04. The van der Waals surface area contributed by atoms with Crippen molar-refractivity contribution in [1.29, 1.82) is 0 Å². The van der Waals surface area contributed by atoms with Gasteiger partial charge < -0.3 is 5.32 Å². The monoisotopic (exact) mass is 330 g/mol. The number of aromatic nitrogens is 1. The highest BCUT2D eigenvalue weighted by Crippen LogP contribution is 2.22. The zero-order chi connectivity index (χ0) is 12.1. The average molecular weight is 331 g/mol. The molecule has 0 bridgehead atoms. The Morgan fingerprint density at radius 1 is 1.29 bits per heavy atom. The second kappa shape index (κ2) is 6.64. The third-order valence-electron chi connectivity index (χ3n) is 2.55. The van der Waals surface area contributed by atoms with Crippen molar-refractivity contribution >= 4 is 38.6 Å². The van der Waals surface area contributed by atoms with Crippen molar-refractivity contribution in [2.75, 3.05) is 13.1 Å². The standard InChI is InChI=1S/C12H15BrN2S2/c1-9-11(16-8-15-9)5-7-14-6-4-10-2-3-12(13)17-10/h2-3,8,14H,4-7H2,1H3. The first-order valence-corrected chi connectivity index (χ1v) is 8.08. The van der Waals surface area contributed by atoms with Crippen LogP contribution < -0.4 is 5.32 Å². The molecule has 2 rings (SSSR count). The topological polar surface area (TPSA) is 24.9 Å². The Bertz CT molecular complexity index is 465. The number of thiazole rings is 1. The van der Waals surface area contributed by atoms with Crippen LogP contribution in [0.5, 0.6) is 0 Å². The molecule has 0 radical (unpaired) electrons. The fraction of sp³-hybridized carbons (Fsp3) is 0.417. The van der Waals surface area contributed by atoms with Crippen LogP contribution in [0.4, 0.5) is 0 Å². The average Bonchev–Trinajstić information content (AvgIpc) is 2.88. The summed E-state index contributed by atoms with van der Waals surface area (Å²) < 4.78 is 1.22. The Kier molecular flexibility index (Phi) is 5.16. The van der Waals surface area contributed by atoms with E-state index in [0.717, 1.165) is 25.9 Å². The summed E-state index contributed by atoms with van der Waals surface area (Å²) in [5, 5.41) is 3.48. The van der Waals surface area contributed by atoms with Gasteiger partial charge in [0.25, 0.3) is 0 Å². The molecule has 1 N–H and O–H groups in total. The van der Waals surface area contributed by atoms with Crippen LogP contribution in [0.3, 0.4) is 0 Å². The Hall–Kier alpha value is -0.230. The summed E-state index contributed by atoms with van der Waals surface area (Å²) in [7, 11) is 0. The lowest BCUT2D eigenvalue weighted by Gasteiger charge is -2.02. The predicted octanol–water partition coefficient (Wildman–Crippen LogP) is 3.65. The second-order valence-electron chi connectivity index (χ2n) is 3.82. The summed E-state index contributed by atoms with van der Waals surface area (Å²) in [6.45, 7) is 4.16. The lowest BCUT2D eigenvalue weighted by Crippen LogP contribution is -2.19. The van der Waals surface area contributed by atoms with E-state index in [1.165, 1.54) is 19.2 Å². The van der Waals surface area contributed by atoms with Crippen LogP contribution in [0.25, 0.3) is 0 Å². The number of halogens is 1. The lowest BCUT2D eigenvalue weighted by molar-refractivity contribution is 0.686. The van der Waals surface area contributed by atoms with E-state index in [-0.39, 0.29) is 0 Å². The largest absolute Gasteiger partial charge is 0.316 e. The Labute approximate surface area is 118 Å². The zero-order valence-electron chi connectivity index (χ0n) is 9.70. The van der Waals surface area contributed by atoms with Crippen molar-refractivity contribution < 1.29 is 0 Å². The number of thiophene rings is 1.